The third-order valence-electron chi connectivity index (χ3n) is 3.10. The fraction of sp³-hybridized carbons (Fsp3) is 0.750. The van der Waals surface area contributed by atoms with Crippen molar-refractivity contribution in [3.8, 4) is 0 Å². The molecule has 2 fully saturated rings. The van der Waals surface area contributed by atoms with Crippen LogP contribution >= 0.6 is 0 Å². The number of aliphatic hydroxyl groups excluding tert-OH is 2. The topological polar surface area (TPSA) is 87.6 Å². The molecule has 2 aliphatic rings. The summed E-state index contributed by atoms with van der Waals surface area (Å²) in [5, 5.41) is 18.3. The second kappa shape index (κ2) is 3.49. The molecule has 0 radical (unpaired) electrons. The van der Waals surface area contributed by atoms with Crippen molar-refractivity contribution in [2.24, 2.45) is 0 Å². The Morgan fingerprint density at radius 2 is 1.31 bits per heavy atom. The molecule has 0 aliphatic carbocycles. The van der Waals surface area contributed by atoms with Gasteiger partial charge in [0.05, 0.1) is 0 Å². The van der Waals surface area contributed by atoms with Crippen LogP contribution in [0, 0.1) is 0 Å². The van der Waals surface area contributed by atoms with Crippen LogP contribution in [0.15, 0.2) is 0 Å². The average Bonchev–Trinajstić information content (AvgIpc) is 2.67. The Labute approximate surface area is 92.2 Å². The van der Waals surface area contributed by atoms with E-state index in [0.29, 0.717) is 0 Å². The number of carbonyl (C=O) groups excluding carboxylic acids is 2. The molecule has 2 N–H and O–H groups in total. The highest BCUT2D eigenvalue weighted by molar-refractivity contribution is 5.84. The quantitative estimate of drug-likeness (QED) is 0.590. The van der Waals surface area contributed by atoms with Gasteiger partial charge in [0.15, 0.2) is 12.3 Å². The summed E-state index contributed by atoms with van der Waals surface area (Å²) in [7, 11) is 3.11. The molecule has 90 valence electrons. The van der Waals surface area contributed by atoms with Crippen molar-refractivity contribution in [1.82, 2.24) is 19.6 Å². The minimum absolute atomic E-state index is 0.251. The first-order valence-corrected chi connectivity index (χ1v) is 4.83. The van der Waals surface area contributed by atoms with Crippen molar-refractivity contribution in [2.75, 3.05) is 27.6 Å². The van der Waals surface area contributed by atoms with Crippen molar-refractivity contribution in [1.29, 1.82) is 0 Å². The van der Waals surface area contributed by atoms with E-state index < -0.39 is 31.8 Å². The zero-order chi connectivity index (χ0) is 12.0. The number of hydrogen-bond acceptors (Lipinski definition) is 4. The number of aliphatic hydroxyl groups is 2. The Kier molecular flexibility index (Phi) is 2.39. The molecule has 4 amide bonds. The summed E-state index contributed by atoms with van der Waals surface area (Å²) in [4.78, 5) is 28.4. The van der Waals surface area contributed by atoms with Gasteiger partial charge in [-0.15, -0.1) is 0 Å². The van der Waals surface area contributed by atoms with Gasteiger partial charge in [0.25, 0.3) is 0 Å². The number of hydrogen-bond donors (Lipinski definition) is 2. The van der Waals surface area contributed by atoms with E-state index >= 15 is 0 Å². The molecular weight excluding hydrogens is 216 g/mol. The van der Waals surface area contributed by atoms with Crippen molar-refractivity contribution >= 4 is 12.1 Å². The minimum atomic E-state index is -0.554. The van der Waals surface area contributed by atoms with Crippen molar-refractivity contribution in [2.45, 2.75) is 12.3 Å². The molecular formula is C8H14N4O4. The van der Waals surface area contributed by atoms with E-state index in [4.69, 9.17) is 10.2 Å². The molecule has 2 saturated heterocycles. The molecule has 2 heterocycles. The summed E-state index contributed by atoms with van der Waals surface area (Å²) in [6, 6.07) is -0.731. The molecule has 0 unspecified atom stereocenters. The number of amides is 4. The molecule has 0 aromatic rings. The van der Waals surface area contributed by atoms with E-state index in [1.807, 2.05) is 0 Å². The van der Waals surface area contributed by atoms with Gasteiger partial charge in [-0.1, -0.05) is 0 Å². The van der Waals surface area contributed by atoms with Gasteiger partial charge in [0, 0.05) is 14.1 Å². The minimum Gasteiger partial charge on any atom is -0.376 e. The zero-order valence-corrected chi connectivity index (χ0v) is 9.07. The monoisotopic (exact) mass is 230 g/mol. The number of fused-ring (bicyclic) bond motifs is 1. The lowest BCUT2D eigenvalue weighted by Crippen LogP contribution is -2.45. The highest BCUT2D eigenvalue weighted by Crippen LogP contribution is 2.31. The highest BCUT2D eigenvalue weighted by atomic mass is 16.3. The van der Waals surface area contributed by atoms with Gasteiger partial charge < -0.3 is 20.0 Å². The van der Waals surface area contributed by atoms with Crippen LogP contribution in [-0.2, 0) is 0 Å². The molecule has 0 spiro atoms. The standard InChI is InChI=1S/C8H14N4O4/c1-9-5-6(10(2)7(9)15)12(4-14)8(16)11(5)3-13/h5-6,13-14H,3-4H2,1-2H3/t5-,6-/m1/s1. The van der Waals surface area contributed by atoms with E-state index in [-0.39, 0.29) is 6.03 Å². The smallest absolute Gasteiger partial charge is 0.327 e. The van der Waals surface area contributed by atoms with Gasteiger partial charge >= 0.3 is 12.1 Å². The van der Waals surface area contributed by atoms with E-state index in [2.05, 4.69) is 0 Å². The largest absolute Gasteiger partial charge is 0.376 e. The first-order chi connectivity index (χ1) is 7.54. The first-order valence-electron chi connectivity index (χ1n) is 4.83. The third kappa shape index (κ3) is 1.11. The molecule has 16 heavy (non-hydrogen) atoms. The van der Waals surface area contributed by atoms with E-state index in [9.17, 15) is 9.59 Å². The van der Waals surface area contributed by atoms with Crippen LogP contribution in [-0.4, -0.2) is 81.8 Å². The highest BCUT2D eigenvalue weighted by Gasteiger charge is 2.56. The third-order valence-corrected chi connectivity index (χ3v) is 3.10. The van der Waals surface area contributed by atoms with Crippen molar-refractivity contribution in [3.05, 3.63) is 0 Å². The van der Waals surface area contributed by atoms with Crippen LogP contribution in [0.3, 0.4) is 0 Å². The number of carbonyl (C=O) groups is 2. The fourth-order valence-electron chi connectivity index (χ4n) is 2.29. The molecule has 8 heteroatoms. The summed E-state index contributed by atoms with van der Waals surface area (Å²) in [6.07, 6.45) is -1.11. The Balaban J connectivity index is 2.38. The van der Waals surface area contributed by atoms with Crippen LogP contribution < -0.4 is 0 Å². The molecule has 2 aliphatic heterocycles. The lowest BCUT2D eigenvalue weighted by molar-refractivity contribution is 0.0646. The Morgan fingerprint density at radius 3 is 1.62 bits per heavy atom. The normalized spacial score (nSPS) is 29.5. The summed E-state index contributed by atoms with van der Waals surface area (Å²) in [6.45, 7) is -0.968. The van der Waals surface area contributed by atoms with Crippen molar-refractivity contribution in [3.63, 3.8) is 0 Å². The maximum atomic E-state index is 11.7. The van der Waals surface area contributed by atoms with E-state index in [0.717, 1.165) is 9.80 Å². The Bertz CT molecular complexity index is 308. The maximum absolute atomic E-state index is 11.7. The van der Waals surface area contributed by atoms with Gasteiger partial charge in [-0.25, -0.2) is 9.59 Å². The molecule has 0 aromatic heterocycles. The summed E-state index contributed by atoms with van der Waals surface area (Å²) >= 11 is 0. The van der Waals surface area contributed by atoms with Gasteiger partial charge in [-0.2, -0.15) is 0 Å². The van der Waals surface area contributed by atoms with Crippen LogP contribution in [0.25, 0.3) is 0 Å². The predicted octanol–water partition coefficient (Wildman–Crippen LogP) is -1.73. The lowest BCUT2D eigenvalue weighted by Gasteiger charge is -2.24. The molecule has 0 bridgehead atoms. The summed E-state index contributed by atoms with van der Waals surface area (Å²) < 4.78 is 0. The molecule has 0 saturated carbocycles. The van der Waals surface area contributed by atoms with Crippen LogP contribution in [0.1, 0.15) is 0 Å². The number of rotatable bonds is 2. The fourth-order valence-corrected chi connectivity index (χ4v) is 2.29. The van der Waals surface area contributed by atoms with Crippen LogP contribution in [0.5, 0.6) is 0 Å². The Hall–Kier alpha value is -1.54. The second-order valence-corrected chi connectivity index (χ2v) is 3.84. The predicted molar refractivity (Wildman–Crippen MR) is 51.7 cm³/mol. The van der Waals surface area contributed by atoms with Gasteiger partial charge in [-0.05, 0) is 0 Å². The maximum Gasteiger partial charge on any atom is 0.327 e. The van der Waals surface area contributed by atoms with E-state index in [1.165, 1.54) is 9.80 Å². The van der Waals surface area contributed by atoms with Gasteiger partial charge in [0.2, 0.25) is 0 Å². The SMILES string of the molecule is CN1C(=O)N(C)[C@H]2[C@H]1N(CO)C(=O)N2CO. The van der Waals surface area contributed by atoms with Gasteiger partial charge in [-0.3, -0.25) is 9.80 Å². The van der Waals surface area contributed by atoms with Crippen LogP contribution in [0.4, 0.5) is 9.59 Å². The summed E-state index contributed by atoms with van der Waals surface area (Å²) in [5.74, 6) is 0. The lowest BCUT2D eigenvalue weighted by atomic mass is 10.3. The number of urea groups is 2. The Morgan fingerprint density at radius 1 is 0.938 bits per heavy atom. The number of likely N-dealkylation sites (N-methyl/N-ethyl adjacent to an activating group) is 2. The summed E-state index contributed by atoms with van der Waals surface area (Å²) in [5.41, 5.74) is 0. The second-order valence-electron chi connectivity index (χ2n) is 3.84. The van der Waals surface area contributed by atoms with Gasteiger partial charge in [0.1, 0.15) is 13.5 Å². The molecule has 2 atom stereocenters. The number of nitrogens with zero attached hydrogens (tertiary/aromatic N) is 4. The van der Waals surface area contributed by atoms with E-state index in [1.54, 1.807) is 14.1 Å². The zero-order valence-electron chi connectivity index (χ0n) is 9.07. The molecule has 2 rings (SSSR count). The van der Waals surface area contributed by atoms with Crippen molar-refractivity contribution < 1.29 is 19.8 Å². The average molecular weight is 230 g/mol. The molecule has 8 nitrogen and oxygen atoms in total. The van der Waals surface area contributed by atoms with Crippen LogP contribution in [0.2, 0.25) is 0 Å². The first kappa shape index (κ1) is 11.0. The molecule has 0 aromatic carbocycles.